The van der Waals surface area contributed by atoms with Crippen molar-refractivity contribution in [2.45, 2.75) is 55.1 Å². The van der Waals surface area contributed by atoms with E-state index in [1.165, 1.54) is 0 Å². The molecule has 158 valence electrons. The third kappa shape index (κ3) is 3.66. The van der Waals surface area contributed by atoms with Gasteiger partial charge in [-0.3, -0.25) is 0 Å². The second kappa shape index (κ2) is 6.68. The zero-order valence-corrected chi connectivity index (χ0v) is 12.5. The minimum absolute atomic E-state index is 0.116. The smallest absolute Gasteiger partial charge is 0.200 e. The van der Waals surface area contributed by atoms with Gasteiger partial charge in [0.05, 0.1) is 11.9 Å². The first-order chi connectivity index (χ1) is 11.8. The third-order valence-electron chi connectivity index (χ3n) is 3.39. The van der Waals surface area contributed by atoms with Crippen LogP contribution in [-0.4, -0.2) is 51.2 Å². The van der Waals surface area contributed by atoms with E-state index in [4.69, 9.17) is 0 Å². The van der Waals surface area contributed by atoms with Crippen molar-refractivity contribution in [3.05, 3.63) is 11.9 Å². The summed E-state index contributed by atoms with van der Waals surface area (Å²) in [5.74, 6) is -36.6. The Hall–Kier alpha value is -1.77. The number of rotatable bonds is 8. The molecule has 0 amide bonds. The lowest BCUT2D eigenvalue weighted by Gasteiger charge is -2.39. The maximum absolute atomic E-state index is 13.4. The number of hydrogen-bond donors (Lipinski definition) is 1. The lowest BCUT2D eigenvalue weighted by Crippen LogP contribution is -2.70. The van der Waals surface area contributed by atoms with Gasteiger partial charge >= 0.3 is 35.8 Å². The van der Waals surface area contributed by atoms with Gasteiger partial charge in [0.25, 0.3) is 0 Å². The number of aromatic nitrogens is 3. The Morgan fingerprint density at radius 2 is 1.19 bits per heavy atom. The molecule has 0 aliphatic carbocycles. The number of hydrogen-bond acceptors (Lipinski definition) is 2. The van der Waals surface area contributed by atoms with Crippen LogP contribution in [0.2, 0.25) is 0 Å². The first-order valence-electron chi connectivity index (χ1n) is 6.63. The molecule has 0 aliphatic heterocycles. The van der Waals surface area contributed by atoms with Crippen LogP contribution in [0.3, 0.4) is 0 Å². The number of H-pyrrole nitrogens is 1. The van der Waals surface area contributed by atoms with Gasteiger partial charge in [0.15, 0.2) is 0 Å². The van der Waals surface area contributed by atoms with E-state index in [2.05, 4.69) is 10.2 Å². The van der Waals surface area contributed by atoms with E-state index >= 15 is 0 Å². The second-order valence-electron chi connectivity index (χ2n) is 5.31. The molecule has 1 aromatic rings. The van der Waals surface area contributed by atoms with E-state index in [1.54, 1.807) is 0 Å². The highest BCUT2D eigenvalue weighted by molar-refractivity contribution is 5.10. The predicted octanol–water partition coefficient (Wildman–Crippen LogP) is 4.87. The number of halogens is 13. The number of alkyl halides is 13. The first kappa shape index (κ1) is 23.3. The zero-order chi connectivity index (χ0) is 21.5. The molecular formula is C11H8F13N3. The van der Waals surface area contributed by atoms with Crippen molar-refractivity contribution in [1.29, 1.82) is 0 Å². The Balaban J connectivity index is 3.13. The predicted molar refractivity (Wildman–Crippen MR) is 60.1 cm³/mol. The molecule has 0 aliphatic rings. The van der Waals surface area contributed by atoms with Crippen LogP contribution in [0, 0.1) is 0 Å². The van der Waals surface area contributed by atoms with E-state index in [0.717, 1.165) is 6.20 Å². The summed E-state index contributed by atoms with van der Waals surface area (Å²) in [6.45, 7) is 0. The molecule has 1 rings (SSSR count). The molecule has 0 aromatic carbocycles. The van der Waals surface area contributed by atoms with E-state index in [9.17, 15) is 57.1 Å². The summed E-state index contributed by atoms with van der Waals surface area (Å²) in [6.07, 6.45) is -10.4. The van der Waals surface area contributed by atoms with E-state index in [-0.39, 0.29) is 5.69 Å². The summed E-state index contributed by atoms with van der Waals surface area (Å²) in [5, 5.41) is 8.45. The van der Waals surface area contributed by atoms with Crippen molar-refractivity contribution < 1.29 is 57.1 Å². The summed E-state index contributed by atoms with van der Waals surface area (Å²) in [6, 6.07) is 0. The topological polar surface area (TPSA) is 41.6 Å². The van der Waals surface area contributed by atoms with Gasteiger partial charge in [0.2, 0.25) is 0 Å². The molecule has 27 heavy (non-hydrogen) atoms. The molecule has 0 spiro atoms. The van der Waals surface area contributed by atoms with Gasteiger partial charge in [-0.2, -0.15) is 72.5 Å². The summed E-state index contributed by atoms with van der Waals surface area (Å²) in [5.41, 5.74) is -0.116. The lowest BCUT2D eigenvalue weighted by atomic mass is 9.91. The number of aromatic amines is 1. The summed E-state index contributed by atoms with van der Waals surface area (Å²) in [4.78, 5) is 0. The molecule has 0 atom stereocenters. The fourth-order valence-electron chi connectivity index (χ4n) is 1.80. The normalized spacial score (nSPS) is 15.3. The monoisotopic (exact) mass is 429 g/mol. The minimum Gasteiger partial charge on any atom is -0.200 e. The Morgan fingerprint density at radius 1 is 0.704 bits per heavy atom. The van der Waals surface area contributed by atoms with Gasteiger partial charge in [0, 0.05) is 6.42 Å². The molecule has 0 saturated carbocycles. The highest BCUT2D eigenvalue weighted by Crippen LogP contribution is 2.60. The van der Waals surface area contributed by atoms with E-state index in [0.29, 0.717) is 0 Å². The molecule has 0 fully saturated rings. The van der Waals surface area contributed by atoms with Crippen molar-refractivity contribution in [2.75, 3.05) is 0 Å². The SMILES string of the molecule is FC(F)(F)C(F)(F)C(F)(F)C(F)(F)C(F)(F)C(F)(F)CCCc1cn[nH]n1. The van der Waals surface area contributed by atoms with Crippen LogP contribution < -0.4 is 0 Å². The van der Waals surface area contributed by atoms with Crippen LogP contribution >= 0.6 is 0 Å². The van der Waals surface area contributed by atoms with Crippen LogP contribution in [0.5, 0.6) is 0 Å². The van der Waals surface area contributed by atoms with Crippen LogP contribution in [0.4, 0.5) is 57.1 Å². The molecular weight excluding hydrogens is 421 g/mol. The van der Waals surface area contributed by atoms with Crippen molar-refractivity contribution in [3.63, 3.8) is 0 Å². The summed E-state index contributed by atoms with van der Waals surface area (Å²) >= 11 is 0. The van der Waals surface area contributed by atoms with Gasteiger partial charge in [-0.1, -0.05) is 0 Å². The molecule has 1 heterocycles. The van der Waals surface area contributed by atoms with Crippen LogP contribution in [0.15, 0.2) is 6.20 Å². The Bertz CT molecular complexity index is 620. The first-order valence-corrected chi connectivity index (χ1v) is 6.63. The highest BCUT2D eigenvalue weighted by Gasteiger charge is 2.90. The van der Waals surface area contributed by atoms with Crippen molar-refractivity contribution in [1.82, 2.24) is 15.4 Å². The van der Waals surface area contributed by atoms with Crippen molar-refractivity contribution >= 4 is 0 Å². The number of nitrogens with zero attached hydrogens (tertiary/aromatic N) is 2. The molecule has 0 saturated heterocycles. The third-order valence-corrected chi connectivity index (χ3v) is 3.39. The number of nitrogens with one attached hydrogen (secondary N) is 1. The van der Waals surface area contributed by atoms with Gasteiger partial charge in [-0.25, -0.2) is 0 Å². The Kier molecular flexibility index (Phi) is 5.76. The van der Waals surface area contributed by atoms with E-state index < -0.39 is 55.1 Å². The summed E-state index contributed by atoms with van der Waals surface area (Å²) in [7, 11) is 0. The van der Waals surface area contributed by atoms with Crippen LogP contribution in [0.1, 0.15) is 18.5 Å². The fraction of sp³-hybridized carbons (Fsp3) is 0.818. The molecule has 0 bridgehead atoms. The maximum atomic E-state index is 13.4. The maximum Gasteiger partial charge on any atom is 0.460 e. The quantitative estimate of drug-likeness (QED) is 0.600. The van der Waals surface area contributed by atoms with Crippen LogP contribution in [-0.2, 0) is 6.42 Å². The van der Waals surface area contributed by atoms with Crippen LogP contribution in [0.25, 0.3) is 0 Å². The molecule has 3 nitrogen and oxygen atoms in total. The molecule has 1 N–H and O–H groups in total. The lowest BCUT2D eigenvalue weighted by molar-refractivity contribution is -0.440. The Labute approximate surface area is 140 Å². The van der Waals surface area contributed by atoms with Gasteiger partial charge in [-0.15, -0.1) is 0 Å². The summed E-state index contributed by atoms with van der Waals surface area (Å²) < 4.78 is 167. The fourth-order valence-corrected chi connectivity index (χ4v) is 1.80. The highest BCUT2D eigenvalue weighted by atomic mass is 19.4. The average molecular weight is 429 g/mol. The standard InChI is InChI=1S/C11H8F13N3/c12-6(13,3-1-2-5-4-25-27-26-5)7(14,15)8(16,17)9(18,19)10(20,21)11(22,23)24/h4H,1-3H2,(H,25,26,27). The average Bonchev–Trinajstić information content (AvgIpc) is 2.98. The minimum atomic E-state index is -7.86. The van der Waals surface area contributed by atoms with Crippen molar-refractivity contribution in [3.8, 4) is 0 Å². The van der Waals surface area contributed by atoms with Gasteiger partial charge < -0.3 is 0 Å². The van der Waals surface area contributed by atoms with Crippen molar-refractivity contribution in [2.24, 2.45) is 0 Å². The van der Waals surface area contributed by atoms with Gasteiger partial charge in [0.1, 0.15) is 0 Å². The molecule has 0 radical (unpaired) electrons. The second-order valence-corrected chi connectivity index (χ2v) is 5.31. The zero-order valence-electron chi connectivity index (χ0n) is 12.5. The molecule has 1 aromatic heterocycles. The molecule has 0 unspecified atom stereocenters. The largest absolute Gasteiger partial charge is 0.460 e. The Morgan fingerprint density at radius 3 is 1.59 bits per heavy atom. The van der Waals surface area contributed by atoms with Gasteiger partial charge in [-0.05, 0) is 12.8 Å². The van der Waals surface area contributed by atoms with E-state index in [1.807, 2.05) is 5.21 Å². The number of aryl methyl sites for hydroxylation is 1. The molecule has 16 heteroatoms.